The lowest BCUT2D eigenvalue weighted by Crippen LogP contribution is -2.31. The van der Waals surface area contributed by atoms with E-state index in [1.165, 1.54) is 33.9 Å². The van der Waals surface area contributed by atoms with Crippen LogP contribution >= 0.6 is 19.8 Å². The molecule has 0 bridgehead atoms. The summed E-state index contributed by atoms with van der Waals surface area (Å²) < 4.78 is 4.95. The molecule has 3 heterocycles. The molecule has 0 aromatic heterocycles. The zero-order valence-corrected chi connectivity index (χ0v) is 11.3. The van der Waals surface area contributed by atoms with Crippen LogP contribution in [0.1, 0.15) is 13.3 Å². The molecule has 1 aromatic carbocycles. The first-order valence-electron chi connectivity index (χ1n) is 5.90. The quantitative estimate of drug-likeness (QED) is 0.516. The van der Waals surface area contributed by atoms with Crippen LogP contribution in [0.15, 0.2) is 45.6 Å². The van der Waals surface area contributed by atoms with Crippen molar-refractivity contribution < 1.29 is 0 Å². The molecule has 17 heavy (non-hydrogen) atoms. The molecular weight excluding hydrogens is 247 g/mol. The molecule has 1 aromatic rings. The maximum absolute atomic E-state index is 4.95. The summed E-state index contributed by atoms with van der Waals surface area (Å²) in [5.41, 5.74) is 2.90. The van der Waals surface area contributed by atoms with Gasteiger partial charge in [0.15, 0.2) is 5.17 Å². The summed E-state index contributed by atoms with van der Waals surface area (Å²) in [6.45, 7) is 2.25. The average Bonchev–Trinajstić information content (AvgIpc) is 2.84. The molecule has 3 aliphatic rings. The fourth-order valence-corrected chi connectivity index (χ4v) is 6.41. The fourth-order valence-electron chi connectivity index (χ4n) is 2.64. The molecule has 0 spiro atoms. The van der Waals surface area contributed by atoms with Gasteiger partial charge < -0.3 is 4.90 Å². The summed E-state index contributed by atoms with van der Waals surface area (Å²) in [5, 5.41) is 1.24. The molecule has 3 aliphatic heterocycles. The number of thioether (sulfide) groups is 1. The van der Waals surface area contributed by atoms with Crippen molar-refractivity contribution in [3.05, 3.63) is 35.9 Å². The second kappa shape index (κ2) is 3.60. The van der Waals surface area contributed by atoms with Crippen molar-refractivity contribution in [3.8, 4) is 0 Å². The summed E-state index contributed by atoms with van der Waals surface area (Å²) in [6, 6.07) is 8.68. The summed E-state index contributed by atoms with van der Waals surface area (Å²) in [5.74, 6) is 0.626. The third kappa shape index (κ3) is 1.42. The van der Waals surface area contributed by atoms with E-state index in [2.05, 4.69) is 42.2 Å². The second-order valence-corrected chi connectivity index (χ2v) is 7.73. The summed E-state index contributed by atoms with van der Waals surface area (Å²) in [6.07, 6.45) is 4.74. The smallest absolute Gasteiger partial charge is 0.173 e. The van der Waals surface area contributed by atoms with E-state index in [1.54, 1.807) is 0 Å². The van der Waals surface area contributed by atoms with Gasteiger partial charge in [-0.3, -0.25) is 0 Å². The van der Waals surface area contributed by atoms with E-state index in [1.807, 2.05) is 11.8 Å². The molecule has 0 unspecified atom stereocenters. The first-order valence-corrected chi connectivity index (χ1v) is 8.26. The third-order valence-corrected chi connectivity index (χ3v) is 6.80. The molecule has 2 nitrogen and oxygen atoms in total. The van der Waals surface area contributed by atoms with E-state index >= 15 is 0 Å². The highest BCUT2D eigenvalue weighted by atomic mass is 32.2. The van der Waals surface area contributed by atoms with Crippen molar-refractivity contribution >= 4 is 30.7 Å². The van der Waals surface area contributed by atoms with Crippen molar-refractivity contribution in [1.29, 1.82) is 0 Å². The molecule has 2 atom stereocenters. The molecule has 0 aliphatic carbocycles. The van der Waals surface area contributed by atoms with E-state index in [0.717, 1.165) is 0 Å². The van der Waals surface area contributed by atoms with Crippen LogP contribution in [0.2, 0.25) is 0 Å². The van der Waals surface area contributed by atoms with Gasteiger partial charge in [0.25, 0.3) is 0 Å². The number of benzene rings is 1. The molecule has 0 fully saturated rings. The van der Waals surface area contributed by atoms with Gasteiger partial charge in [-0.15, -0.1) is 0 Å². The number of hydrogen-bond acceptors (Lipinski definition) is 3. The van der Waals surface area contributed by atoms with Gasteiger partial charge in [0.1, 0.15) is 0 Å². The summed E-state index contributed by atoms with van der Waals surface area (Å²) in [4.78, 5) is 3.86. The SMILES string of the molecule is CC1=CC[P@@]2N=C3Sc4ccccc4N3[C@@H]2C1. The molecule has 0 saturated heterocycles. The fraction of sp³-hybridized carbons (Fsp3) is 0.308. The van der Waals surface area contributed by atoms with Gasteiger partial charge in [-0.1, -0.05) is 23.8 Å². The van der Waals surface area contributed by atoms with Crippen LogP contribution in [0.3, 0.4) is 0 Å². The highest BCUT2D eigenvalue weighted by Gasteiger charge is 2.42. The molecule has 0 saturated carbocycles. The number of anilines is 1. The Morgan fingerprint density at radius 2 is 2.29 bits per heavy atom. The highest BCUT2D eigenvalue weighted by molar-refractivity contribution is 8.15. The van der Waals surface area contributed by atoms with E-state index in [0.29, 0.717) is 5.78 Å². The Hall–Kier alpha value is -0.790. The van der Waals surface area contributed by atoms with E-state index in [4.69, 9.17) is 4.76 Å². The van der Waals surface area contributed by atoms with Crippen molar-refractivity contribution in [2.45, 2.75) is 24.0 Å². The van der Waals surface area contributed by atoms with Crippen molar-refractivity contribution in [2.75, 3.05) is 11.1 Å². The van der Waals surface area contributed by atoms with Gasteiger partial charge in [-0.25, -0.2) is 4.76 Å². The highest BCUT2D eigenvalue weighted by Crippen LogP contribution is 2.60. The van der Waals surface area contributed by atoms with Crippen LogP contribution < -0.4 is 4.90 Å². The first-order chi connectivity index (χ1) is 8.33. The molecule has 4 rings (SSSR count). The number of fused-ring (bicyclic) bond motifs is 5. The Kier molecular flexibility index (Phi) is 2.15. The predicted octanol–water partition coefficient (Wildman–Crippen LogP) is 4.04. The van der Waals surface area contributed by atoms with Crippen molar-refractivity contribution in [1.82, 2.24) is 0 Å². The van der Waals surface area contributed by atoms with Gasteiger partial charge in [-0.05, 0) is 37.2 Å². The van der Waals surface area contributed by atoms with Crippen LogP contribution in [0.4, 0.5) is 5.69 Å². The van der Waals surface area contributed by atoms with Crippen LogP contribution in [-0.2, 0) is 0 Å². The summed E-state index contributed by atoms with van der Waals surface area (Å²) in [7, 11) is -0.187. The number of para-hydroxylation sites is 1. The predicted molar refractivity (Wildman–Crippen MR) is 76.2 cm³/mol. The Morgan fingerprint density at radius 3 is 3.24 bits per heavy atom. The van der Waals surface area contributed by atoms with Crippen molar-refractivity contribution in [3.63, 3.8) is 0 Å². The average molecular weight is 260 g/mol. The van der Waals surface area contributed by atoms with Crippen LogP contribution in [0.5, 0.6) is 0 Å². The van der Waals surface area contributed by atoms with Gasteiger partial charge in [0.05, 0.1) is 11.5 Å². The minimum Gasteiger partial charge on any atom is -0.310 e. The van der Waals surface area contributed by atoms with Gasteiger partial charge in [-0.2, -0.15) is 0 Å². The third-order valence-electron chi connectivity index (χ3n) is 3.52. The lowest BCUT2D eigenvalue weighted by molar-refractivity contribution is 0.850. The molecule has 0 amide bonds. The minimum atomic E-state index is -0.187. The van der Waals surface area contributed by atoms with Crippen LogP contribution in [-0.4, -0.2) is 17.1 Å². The van der Waals surface area contributed by atoms with Gasteiger partial charge >= 0.3 is 0 Å². The lowest BCUT2D eigenvalue weighted by Gasteiger charge is -2.29. The van der Waals surface area contributed by atoms with Gasteiger partial charge in [0, 0.05) is 19.1 Å². The van der Waals surface area contributed by atoms with Crippen LogP contribution in [0.25, 0.3) is 0 Å². The van der Waals surface area contributed by atoms with Crippen LogP contribution in [0, 0.1) is 0 Å². The molecule has 4 heteroatoms. The normalized spacial score (nSPS) is 29.4. The Balaban J connectivity index is 1.79. The number of amidine groups is 1. The molecule has 0 radical (unpaired) electrons. The molecule has 86 valence electrons. The zero-order chi connectivity index (χ0) is 11.4. The lowest BCUT2D eigenvalue weighted by atomic mass is 10.2. The zero-order valence-electron chi connectivity index (χ0n) is 9.63. The standard InChI is InChI=1S/C13H13N2PS/c1-9-6-7-16-12(8-9)15-10-4-2-3-5-11(10)17-13(15)14-16/h2-6,12H,7-8H2,1H3/t12-,16+/m0/s1. The Bertz CT molecular complexity index is 552. The molecule has 0 N–H and O–H groups in total. The maximum atomic E-state index is 4.95. The number of rotatable bonds is 0. The maximum Gasteiger partial charge on any atom is 0.173 e. The van der Waals surface area contributed by atoms with Gasteiger partial charge in [0.2, 0.25) is 0 Å². The van der Waals surface area contributed by atoms with E-state index in [-0.39, 0.29) is 8.07 Å². The van der Waals surface area contributed by atoms with E-state index < -0.39 is 0 Å². The second-order valence-electron chi connectivity index (χ2n) is 4.68. The van der Waals surface area contributed by atoms with Crippen molar-refractivity contribution in [2.24, 2.45) is 4.76 Å². The summed E-state index contributed by atoms with van der Waals surface area (Å²) >= 11 is 1.84. The largest absolute Gasteiger partial charge is 0.310 e. The van der Waals surface area contributed by atoms with E-state index in [9.17, 15) is 0 Å². The number of hydrogen-bond donors (Lipinski definition) is 0. The number of allylic oxidation sites excluding steroid dienone is 1. The Morgan fingerprint density at radius 1 is 1.41 bits per heavy atom. The topological polar surface area (TPSA) is 15.6 Å². The monoisotopic (exact) mass is 260 g/mol. The molecular formula is C13H13N2PS. The Labute approximate surface area is 107 Å². The minimum absolute atomic E-state index is 0.187. The first kappa shape index (κ1) is 10.2. The number of nitrogens with zero attached hydrogens (tertiary/aromatic N) is 2.